The van der Waals surface area contributed by atoms with Crippen molar-refractivity contribution in [2.75, 3.05) is 18.0 Å². The molecule has 6 nitrogen and oxygen atoms in total. The van der Waals surface area contributed by atoms with Crippen LogP contribution in [0.15, 0.2) is 17.5 Å². The minimum Gasteiger partial charge on any atom is -0.409 e. The second-order valence-corrected chi connectivity index (χ2v) is 5.75. The molecule has 0 aliphatic carbocycles. The number of nitrogens with two attached hydrogens (primary N) is 1. The average Bonchev–Trinajstić information content (AvgIpc) is 2.59. The maximum Gasteiger partial charge on any atom is 0.190 e. The van der Waals surface area contributed by atoms with Gasteiger partial charge in [-0.1, -0.05) is 19.0 Å². The molecule has 0 bridgehead atoms. The number of amidine groups is 1. The van der Waals surface area contributed by atoms with Crippen LogP contribution in [0.3, 0.4) is 0 Å². The lowest BCUT2D eigenvalue weighted by molar-refractivity contribution is 0.318. The van der Waals surface area contributed by atoms with Crippen molar-refractivity contribution in [2.24, 2.45) is 16.3 Å². The van der Waals surface area contributed by atoms with Gasteiger partial charge in [-0.05, 0) is 24.7 Å². The highest BCUT2D eigenvalue weighted by Gasteiger charge is 2.23. The fourth-order valence-electron chi connectivity index (χ4n) is 2.32. The lowest BCUT2D eigenvalue weighted by atomic mass is 9.85. The van der Waals surface area contributed by atoms with Gasteiger partial charge >= 0.3 is 0 Å². The Labute approximate surface area is 113 Å². The maximum absolute atomic E-state index is 8.59. The Morgan fingerprint density at radius 1 is 1.32 bits per heavy atom. The molecule has 2 heterocycles. The highest BCUT2D eigenvalue weighted by Crippen LogP contribution is 2.30. The van der Waals surface area contributed by atoms with E-state index in [-0.39, 0.29) is 5.84 Å². The van der Waals surface area contributed by atoms with Crippen molar-refractivity contribution in [3.05, 3.63) is 18.1 Å². The predicted octanol–water partition coefficient (Wildman–Crippen LogP) is 1.59. The van der Waals surface area contributed by atoms with E-state index in [4.69, 9.17) is 10.9 Å². The van der Waals surface area contributed by atoms with Crippen LogP contribution in [-0.4, -0.2) is 34.1 Å². The van der Waals surface area contributed by atoms with Crippen LogP contribution in [0.25, 0.3) is 0 Å². The molecule has 1 aliphatic heterocycles. The molecule has 6 heteroatoms. The van der Waals surface area contributed by atoms with Crippen LogP contribution in [0.2, 0.25) is 0 Å². The van der Waals surface area contributed by atoms with E-state index in [0.29, 0.717) is 11.1 Å². The van der Waals surface area contributed by atoms with Crippen molar-refractivity contribution in [1.82, 2.24) is 9.97 Å². The van der Waals surface area contributed by atoms with E-state index in [9.17, 15) is 0 Å². The molecule has 0 atom stereocenters. The number of hydrogen-bond donors (Lipinski definition) is 2. The SMILES string of the molecule is CC1(C)CCCN(c2cnc(C(N)=NO)cn2)CC1. The minimum absolute atomic E-state index is 0.0175. The third-order valence-electron chi connectivity index (χ3n) is 3.67. The Kier molecular flexibility index (Phi) is 3.87. The Balaban J connectivity index is 2.10. The van der Waals surface area contributed by atoms with Gasteiger partial charge < -0.3 is 15.8 Å². The van der Waals surface area contributed by atoms with Crippen LogP contribution < -0.4 is 10.6 Å². The molecule has 1 aliphatic rings. The Morgan fingerprint density at radius 2 is 2.11 bits per heavy atom. The maximum atomic E-state index is 8.59. The number of hydrogen-bond acceptors (Lipinski definition) is 5. The van der Waals surface area contributed by atoms with E-state index < -0.39 is 0 Å². The molecule has 0 radical (unpaired) electrons. The number of rotatable bonds is 2. The van der Waals surface area contributed by atoms with Gasteiger partial charge in [0, 0.05) is 13.1 Å². The number of anilines is 1. The van der Waals surface area contributed by atoms with Crippen LogP contribution >= 0.6 is 0 Å². The fourth-order valence-corrected chi connectivity index (χ4v) is 2.32. The smallest absolute Gasteiger partial charge is 0.190 e. The van der Waals surface area contributed by atoms with Gasteiger partial charge in [-0.3, -0.25) is 0 Å². The third kappa shape index (κ3) is 3.33. The highest BCUT2D eigenvalue weighted by atomic mass is 16.4. The van der Waals surface area contributed by atoms with Gasteiger partial charge in [0.15, 0.2) is 5.84 Å². The summed E-state index contributed by atoms with van der Waals surface area (Å²) < 4.78 is 0. The van der Waals surface area contributed by atoms with Crippen LogP contribution in [0.4, 0.5) is 5.82 Å². The Morgan fingerprint density at radius 3 is 2.74 bits per heavy atom. The van der Waals surface area contributed by atoms with Crippen molar-refractivity contribution in [3.63, 3.8) is 0 Å². The van der Waals surface area contributed by atoms with E-state index >= 15 is 0 Å². The lowest BCUT2D eigenvalue weighted by Crippen LogP contribution is -2.26. The molecule has 1 saturated heterocycles. The summed E-state index contributed by atoms with van der Waals surface area (Å²) in [7, 11) is 0. The van der Waals surface area contributed by atoms with Crippen LogP contribution in [0.5, 0.6) is 0 Å². The molecule has 0 aromatic carbocycles. The number of nitrogens with zero attached hydrogens (tertiary/aromatic N) is 4. The Hall–Kier alpha value is -1.85. The molecule has 0 amide bonds. The second kappa shape index (κ2) is 5.42. The molecular formula is C13H21N5O. The summed E-state index contributed by atoms with van der Waals surface area (Å²) in [5.74, 6) is 0.836. The van der Waals surface area contributed by atoms with Crippen molar-refractivity contribution in [2.45, 2.75) is 33.1 Å². The van der Waals surface area contributed by atoms with E-state index in [1.165, 1.54) is 6.42 Å². The Bertz CT molecular complexity index is 455. The van der Waals surface area contributed by atoms with E-state index in [1.54, 1.807) is 12.4 Å². The first-order valence-corrected chi connectivity index (χ1v) is 6.57. The first kappa shape index (κ1) is 13.6. The standard InChI is InChI=1S/C13H21N5O/c1-13(2)4-3-6-18(7-5-13)11-9-15-10(8-16-11)12(14)17-19/h8-9,19H,3-7H2,1-2H3,(H2,14,17). The molecule has 19 heavy (non-hydrogen) atoms. The van der Waals surface area contributed by atoms with Crippen LogP contribution in [0, 0.1) is 5.41 Å². The van der Waals surface area contributed by atoms with Gasteiger partial charge in [-0.25, -0.2) is 9.97 Å². The van der Waals surface area contributed by atoms with E-state index in [0.717, 1.165) is 31.7 Å². The van der Waals surface area contributed by atoms with E-state index in [1.807, 2.05) is 0 Å². The van der Waals surface area contributed by atoms with Gasteiger partial charge in [-0.2, -0.15) is 0 Å². The molecule has 1 fully saturated rings. The molecule has 2 rings (SSSR count). The zero-order valence-electron chi connectivity index (χ0n) is 11.5. The zero-order valence-corrected chi connectivity index (χ0v) is 11.5. The lowest BCUT2D eigenvalue weighted by Gasteiger charge is -2.23. The van der Waals surface area contributed by atoms with Gasteiger partial charge in [-0.15, -0.1) is 0 Å². The highest BCUT2D eigenvalue weighted by molar-refractivity contribution is 5.94. The molecule has 1 aromatic rings. The quantitative estimate of drug-likeness (QED) is 0.366. The average molecular weight is 263 g/mol. The van der Waals surface area contributed by atoms with Crippen LogP contribution in [-0.2, 0) is 0 Å². The van der Waals surface area contributed by atoms with Crippen molar-refractivity contribution in [1.29, 1.82) is 0 Å². The molecule has 0 saturated carbocycles. The topological polar surface area (TPSA) is 87.6 Å². The molecule has 104 valence electrons. The van der Waals surface area contributed by atoms with Crippen molar-refractivity contribution < 1.29 is 5.21 Å². The summed E-state index contributed by atoms with van der Waals surface area (Å²) in [4.78, 5) is 10.8. The minimum atomic E-state index is -0.0175. The van der Waals surface area contributed by atoms with E-state index in [2.05, 4.69) is 33.9 Å². The number of aromatic nitrogens is 2. The van der Waals surface area contributed by atoms with Gasteiger partial charge in [0.25, 0.3) is 0 Å². The van der Waals surface area contributed by atoms with Crippen LogP contribution in [0.1, 0.15) is 38.8 Å². The summed E-state index contributed by atoms with van der Waals surface area (Å²) in [6, 6.07) is 0. The second-order valence-electron chi connectivity index (χ2n) is 5.75. The molecular weight excluding hydrogens is 242 g/mol. The first-order chi connectivity index (χ1) is 9.02. The van der Waals surface area contributed by atoms with Gasteiger partial charge in [0.1, 0.15) is 11.5 Å². The zero-order chi connectivity index (χ0) is 13.9. The summed E-state index contributed by atoms with van der Waals surface area (Å²) in [6.45, 7) is 6.61. The summed E-state index contributed by atoms with van der Waals surface area (Å²) >= 11 is 0. The summed E-state index contributed by atoms with van der Waals surface area (Å²) in [6.07, 6.45) is 6.78. The largest absolute Gasteiger partial charge is 0.409 e. The van der Waals surface area contributed by atoms with Crippen molar-refractivity contribution in [3.8, 4) is 0 Å². The number of oxime groups is 1. The fraction of sp³-hybridized carbons (Fsp3) is 0.615. The third-order valence-corrected chi connectivity index (χ3v) is 3.67. The predicted molar refractivity (Wildman–Crippen MR) is 74.4 cm³/mol. The molecule has 0 spiro atoms. The molecule has 0 unspecified atom stereocenters. The first-order valence-electron chi connectivity index (χ1n) is 6.57. The normalized spacial score (nSPS) is 20.1. The summed E-state index contributed by atoms with van der Waals surface area (Å²) in [5, 5.41) is 11.5. The van der Waals surface area contributed by atoms with Crippen molar-refractivity contribution >= 4 is 11.7 Å². The van der Waals surface area contributed by atoms with Gasteiger partial charge in [0.2, 0.25) is 0 Å². The molecule has 3 N–H and O–H groups in total. The van der Waals surface area contributed by atoms with Gasteiger partial charge in [0.05, 0.1) is 12.4 Å². The monoisotopic (exact) mass is 263 g/mol. The summed E-state index contributed by atoms with van der Waals surface area (Å²) in [5.41, 5.74) is 6.26. The molecule has 1 aromatic heterocycles.